The minimum absolute atomic E-state index is 0.128. The van der Waals surface area contributed by atoms with E-state index >= 15 is 0 Å². The van der Waals surface area contributed by atoms with Crippen molar-refractivity contribution >= 4 is 11.6 Å². The van der Waals surface area contributed by atoms with Crippen molar-refractivity contribution in [3.8, 4) is 0 Å². The van der Waals surface area contributed by atoms with Crippen LogP contribution in [0.5, 0.6) is 0 Å². The minimum atomic E-state index is -0.542. The number of benzene rings is 1. The Hall–Kier alpha value is -2.41. The smallest absolute Gasteiger partial charge is 0.394 e. The van der Waals surface area contributed by atoms with Gasteiger partial charge in [-0.3, -0.25) is 4.57 Å². The molecule has 0 spiro atoms. The first-order chi connectivity index (χ1) is 9.61. The molecule has 0 aliphatic rings. The summed E-state index contributed by atoms with van der Waals surface area (Å²) >= 11 is 0. The first kappa shape index (κ1) is 14.0. The number of hydrogen-bond donors (Lipinski definition) is 2. The molecule has 1 heterocycles. The lowest BCUT2D eigenvalue weighted by atomic mass is 10.1. The van der Waals surface area contributed by atoms with Gasteiger partial charge in [-0.25, -0.2) is 0 Å². The highest BCUT2D eigenvalue weighted by molar-refractivity contribution is 5.52. The molecule has 1 atom stereocenters. The van der Waals surface area contributed by atoms with Crippen molar-refractivity contribution in [3.63, 3.8) is 0 Å². The second-order valence-electron chi connectivity index (χ2n) is 4.50. The summed E-state index contributed by atoms with van der Waals surface area (Å²) in [6.45, 7) is -0.128. The Bertz CT molecular complexity index is 583. The molecule has 0 fully saturated rings. The summed E-state index contributed by atoms with van der Waals surface area (Å²) in [4.78, 5) is 14.1. The molecule has 0 aliphatic carbocycles. The molecule has 7 heteroatoms. The monoisotopic (exact) mass is 276 g/mol. The first-order valence-corrected chi connectivity index (χ1v) is 6.19. The van der Waals surface area contributed by atoms with Gasteiger partial charge in [0.2, 0.25) is 12.1 Å². The highest BCUT2D eigenvalue weighted by Crippen LogP contribution is 2.22. The second kappa shape index (κ2) is 6.16. The van der Waals surface area contributed by atoms with Crippen molar-refractivity contribution in [1.29, 1.82) is 0 Å². The number of hydrogen-bond acceptors (Lipinski definition) is 5. The molecule has 7 nitrogen and oxygen atoms in total. The van der Waals surface area contributed by atoms with Crippen LogP contribution < -0.4 is 5.32 Å². The summed E-state index contributed by atoms with van der Waals surface area (Å²) in [7, 11) is 1.67. The summed E-state index contributed by atoms with van der Waals surface area (Å²) in [5.74, 6) is 0.0593. The van der Waals surface area contributed by atoms with Crippen LogP contribution in [0.15, 0.2) is 36.7 Å². The van der Waals surface area contributed by atoms with Gasteiger partial charge in [0.15, 0.2) is 0 Å². The van der Waals surface area contributed by atoms with Gasteiger partial charge in [0.1, 0.15) is 0 Å². The number of nitrogens with zero attached hydrogens (tertiary/aromatic N) is 3. The fourth-order valence-electron chi connectivity index (χ4n) is 1.97. The molecule has 2 rings (SSSR count). The van der Waals surface area contributed by atoms with Gasteiger partial charge in [0.05, 0.1) is 12.6 Å². The standard InChI is InChI=1S/C13H16N4O3/c1-16-9-14-12(17(19)20)13(16)15-11(8-18)7-10-5-3-2-4-6-10/h2-6,9,11,15,18H,7-8H2,1H3. The number of rotatable bonds is 6. The number of aliphatic hydroxyl groups is 1. The van der Waals surface area contributed by atoms with E-state index in [2.05, 4.69) is 10.3 Å². The minimum Gasteiger partial charge on any atom is -0.394 e. The van der Waals surface area contributed by atoms with Gasteiger partial charge >= 0.3 is 5.82 Å². The summed E-state index contributed by atoms with van der Waals surface area (Å²) < 4.78 is 1.53. The molecule has 1 aromatic carbocycles. The lowest BCUT2D eigenvalue weighted by molar-refractivity contribution is -0.388. The first-order valence-electron chi connectivity index (χ1n) is 6.19. The van der Waals surface area contributed by atoms with Crippen LogP contribution in [-0.2, 0) is 13.5 Å². The van der Waals surface area contributed by atoms with Gasteiger partial charge in [0.25, 0.3) is 0 Å². The largest absolute Gasteiger partial charge is 0.406 e. The normalized spacial score (nSPS) is 12.1. The SMILES string of the molecule is Cn1cnc([N+](=O)[O-])c1NC(CO)Cc1ccccc1. The summed E-state index contributed by atoms with van der Waals surface area (Å²) in [5.41, 5.74) is 1.05. The van der Waals surface area contributed by atoms with E-state index < -0.39 is 4.92 Å². The van der Waals surface area contributed by atoms with Crippen LogP contribution in [0.1, 0.15) is 5.56 Å². The van der Waals surface area contributed by atoms with E-state index in [4.69, 9.17) is 0 Å². The highest BCUT2D eigenvalue weighted by Gasteiger charge is 2.22. The van der Waals surface area contributed by atoms with E-state index in [-0.39, 0.29) is 18.5 Å². The molecule has 1 unspecified atom stereocenters. The topological polar surface area (TPSA) is 93.2 Å². The molecule has 0 aliphatic heterocycles. The van der Waals surface area contributed by atoms with E-state index in [1.807, 2.05) is 30.3 Å². The number of aromatic nitrogens is 2. The number of anilines is 1. The molecule has 20 heavy (non-hydrogen) atoms. The second-order valence-corrected chi connectivity index (χ2v) is 4.50. The van der Waals surface area contributed by atoms with Gasteiger partial charge in [-0.2, -0.15) is 0 Å². The van der Waals surface area contributed by atoms with Crippen LogP contribution >= 0.6 is 0 Å². The summed E-state index contributed by atoms with van der Waals surface area (Å²) in [6, 6.07) is 9.32. The molecule has 0 bridgehead atoms. The van der Waals surface area contributed by atoms with E-state index in [0.717, 1.165) is 5.56 Å². The summed E-state index contributed by atoms with van der Waals surface area (Å²) in [6.07, 6.45) is 1.94. The average Bonchev–Trinajstić information content (AvgIpc) is 2.81. The highest BCUT2D eigenvalue weighted by atomic mass is 16.6. The van der Waals surface area contributed by atoms with Crippen molar-refractivity contribution in [2.24, 2.45) is 7.05 Å². The Kier molecular flexibility index (Phi) is 4.31. The lowest BCUT2D eigenvalue weighted by Gasteiger charge is -2.17. The number of aliphatic hydroxyl groups excluding tert-OH is 1. The van der Waals surface area contributed by atoms with Crippen molar-refractivity contribution in [3.05, 3.63) is 52.3 Å². The molecule has 106 valence electrons. The van der Waals surface area contributed by atoms with Crippen LogP contribution in [0.4, 0.5) is 11.6 Å². The van der Waals surface area contributed by atoms with Crippen LogP contribution in [0.3, 0.4) is 0 Å². The maximum Gasteiger partial charge on any atom is 0.406 e. The zero-order chi connectivity index (χ0) is 14.5. The van der Waals surface area contributed by atoms with Gasteiger partial charge < -0.3 is 20.5 Å². The molecule has 0 saturated carbocycles. The van der Waals surface area contributed by atoms with Gasteiger partial charge in [-0.05, 0) is 21.9 Å². The van der Waals surface area contributed by atoms with Gasteiger partial charge in [0, 0.05) is 7.05 Å². The molecular weight excluding hydrogens is 260 g/mol. The van der Waals surface area contributed by atoms with E-state index in [0.29, 0.717) is 12.2 Å². The van der Waals surface area contributed by atoms with Crippen LogP contribution in [-0.4, -0.2) is 32.2 Å². The van der Waals surface area contributed by atoms with E-state index in [9.17, 15) is 15.2 Å². The Morgan fingerprint density at radius 2 is 2.15 bits per heavy atom. The zero-order valence-corrected chi connectivity index (χ0v) is 11.1. The number of nitro groups is 1. The Balaban J connectivity index is 2.14. The third-order valence-corrected chi connectivity index (χ3v) is 2.98. The number of aryl methyl sites for hydroxylation is 1. The molecule has 2 aromatic rings. The zero-order valence-electron chi connectivity index (χ0n) is 11.1. The molecular formula is C13H16N4O3. The van der Waals surface area contributed by atoms with Crippen LogP contribution in [0.2, 0.25) is 0 Å². The summed E-state index contributed by atoms with van der Waals surface area (Å²) in [5, 5.41) is 23.3. The predicted molar refractivity (Wildman–Crippen MR) is 74.5 cm³/mol. The van der Waals surface area contributed by atoms with Gasteiger partial charge in [-0.15, -0.1) is 0 Å². The average molecular weight is 276 g/mol. The molecule has 0 saturated heterocycles. The Morgan fingerprint density at radius 3 is 2.75 bits per heavy atom. The third kappa shape index (κ3) is 3.12. The van der Waals surface area contributed by atoms with Crippen molar-refractivity contribution in [2.45, 2.75) is 12.5 Å². The predicted octanol–water partition coefficient (Wildman–Crippen LogP) is 1.34. The van der Waals surface area contributed by atoms with Crippen molar-refractivity contribution in [2.75, 3.05) is 11.9 Å². The van der Waals surface area contributed by atoms with E-state index in [1.54, 1.807) is 7.05 Å². The van der Waals surface area contributed by atoms with Gasteiger partial charge in [-0.1, -0.05) is 30.3 Å². The fraction of sp³-hybridized carbons (Fsp3) is 0.308. The Morgan fingerprint density at radius 1 is 1.45 bits per heavy atom. The maximum absolute atomic E-state index is 10.9. The quantitative estimate of drug-likeness (QED) is 0.613. The molecule has 0 amide bonds. The molecule has 1 aromatic heterocycles. The van der Waals surface area contributed by atoms with Crippen molar-refractivity contribution in [1.82, 2.24) is 9.55 Å². The lowest BCUT2D eigenvalue weighted by Crippen LogP contribution is -2.27. The van der Waals surface area contributed by atoms with Crippen LogP contribution in [0.25, 0.3) is 0 Å². The Labute approximate surface area is 116 Å². The van der Waals surface area contributed by atoms with E-state index in [1.165, 1.54) is 10.9 Å². The number of nitrogens with one attached hydrogen (secondary N) is 1. The van der Waals surface area contributed by atoms with Crippen molar-refractivity contribution < 1.29 is 10.0 Å². The van der Waals surface area contributed by atoms with Crippen LogP contribution in [0, 0.1) is 10.1 Å². The molecule has 0 radical (unpaired) electrons. The number of imidazole rings is 1. The third-order valence-electron chi connectivity index (χ3n) is 2.98. The fourth-order valence-corrected chi connectivity index (χ4v) is 1.97. The maximum atomic E-state index is 10.9. The molecule has 2 N–H and O–H groups in total.